The van der Waals surface area contributed by atoms with E-state index in [1.807, 2.05) is 55.5 Å². The summed E-state index contributed by atoms with van der Waals surface area (Å²) in [6.45, 7) is 2.48. The molecule has 0 spiro atoms. The van der Waals surface area contributed by atoms with Crippen molar-refractivity contribution < 1.29 is 9.29 Å². The topological polar surface area (TPSA) is 32.3 Å². The van der Waals surface area contributed by atoms with Crippen molar-refractivity contribution in [2.24, 2.45) is 0 Å². The number of fused-ring (bicyclic) bond motifs is 1. The summed E-state index contributed by atoms with van der Waals surface area (Å²) in [5.74, 6) is 0.775. The molecule has 0 radical (unpaired) electrons. The van der Waals surface area contributed by atoms with Gasteiger partial charge in [-0.25, -0.2) is 0 Å². The molecule has 0 aliphatic carbocycles. The lowest BCUT2D eigenvalue weighted by atomic mass is 10.1. The standard InChI is InChI=1S/C16H13BrO2S/c1-11-2-5-13(6-3-11)20(18)16-8-9-19-15-10-12(17)4-7-14(15)16/h2-8,10H,9H2,1H3. The number of halogens is 1. The summed E-state index contributed by atoms with van der Waals surface area (Å²) in [5.41, 5.74) is 2.06. The molecule has 0 aromatic heterocycles. The van der Waals surface area contributed by atoms with Crippen molar-refractivity contribution in [3.8, 4) is 5.75 Å². The largest absolute Gasteiger partial charge is 0.606 e. The maximum Gasteiger partial charge on any atom is 0.168 e. The lowest BCUT2D eigenvalue weighted by molar-refractivity contribution is 0.357. The summed E-state index contributed by atoms with van der Waals surface area (Å²) in [4.78, 5) is 1.64. The Morgan fingerprint density at radius 2 is 1.90 bits per heavy atom. The van der Waals surface area contributed by atoms with Crippen molar-refractivity contribution in [2.45, 2.75) is 11.8 Å². The molecule has 0 saturated carbocycles. The third-order valence-electron chi connectivity index (χ3n) is 3.15. The highest BCUT2D eigenvalue weighted by Gasteiger charge is 2.25. The first-order chi connectivity index (χ1) is 9.65. The molecule has 1 aliphatic rings. The van der Waals surface area contributed by atoms with Crippen LogP contribution in [0.25, 0.3) is 4.91 Å². The summed E-state index contributed by atoms with van der Waals surface area (Å²) < 4.78 is 19.3. The number of rotatable bonds is 2. The molecule has 3 rings (SSSR count). The zero-order valence-corrected chi connectivity index (χ0v) is 13.3. The van der Waals surface area contributed by atoms with Gasteiger partial charge in [-0.3, -0.25) is 0 Å². The van der Waals surface area contributed by atoms with Gasteiger partial charge in [-0.2, -0.15) is 0 Å². The fourth-order valence-corrected chi connectivity index (χ4v) is 3.67. The van der Waals surface area contributed by atoms with Gasteiger partial charge in [0, 0.05) is 21.7 Å². The van der Waals surface area contributed by atoms with Gasteiger partial charge < -0.3 is 9.29 Å². The number of hydrogen-bond acceptors (Lipinski definition) is 2. The van der Waals surface area contributed by atoms with E-state index in [1.54, 1.807) is 0 Å². The van der Waals surface area contributed by atoms with Crippen LogP contribution in [-0.2, 0) is 11.2 Å². The first kappa shape index (κ1) is 13.7. The molecular weight excluding hydrogens is 336 g/mol. The second-order valence-corrected chi connectivity index (χ2v) is 6.97. The highest BCUT2D eigenvalue weighted by molar-refractivity contribution is 9.10. The average molecular weight is 349 g/mol. The van der Waals surface area contributed by atoms with E-state index < -0.39 is 11.2 Å². The smallest absolute Gasteiger partial charge is 0.168 e. The lowest BCUT2D eigenvalue weighted by Gasteiger charge is -2.20. The summed E-state index contributed by atoms with van der Waals surface area (Å²) >= 11 is 2.24. The maximum absolute atomic E-state index is 12.7. The van der Waals surface area contributed by atoms with E-state index in [1.165, 1.54) is 0 Å². The predicted molar refractivity (Wildman–Crippen MR) is 85.2 cm³/mol. The second-order valence-electron chi connectivity index (χ2n) is 4.60. The molecule has 1 unspecified atom stereocenters. The molecule has 2 aromatic rings. The van der Waals surface area contributed by atoms with Gasteiger partial charge in [0.05, 0.1) is 5.56 Å². The number of benzene rings is 2. The number of ether oxygens (including phenoxy) is 1. The Balaban J connectivity index is 1.98. The second kappa shape index (κ2) is 5.64. The molecule has 1 heterocycles. The third kappa shape index (κ3) is 2.64. The van der Waals surface area contributed by atoms with Crippen molar-refractivity contribution >= 4 is 32.0 Å². The monoisotopic (exact) mass is 348 g/mol. The Labute approximate surface area is 129 Å². The van der Waals surface area contributed by atoms with Gasteiger partial charge in [-0.05, 0) is 37.3 Å². The van der Waals surface area contributed by atoms with Crippen LogP contribution in [0, 0.1) is 6.92 Å². The van der Waals surface area contributed by atoms with Gasteiger partial charge in [0.2, 0.25) is 0 Å². The Hall–Kier alpha value is -1.23. The molecule has 0 amide bonds. The Morgan fingerprint density at radius 3 is 2.65 bits per heavy atom. The van der Waals surface area contributed by atoms with Gasteiger partial charge in [0.15, 0.2) is 9.80 Å². The van der Waals surface area contributed by atoms with Crippen LogP contribution in [-0.4, -0.2) is 11.2 Å². The van der Waals surface area contributed by atoms with Crippen LogP contribution in [0.5, 0.6) is 5.75 Å². The van der Waals surface area contributed by atoms with Crippen molar-refractivity contribution in [3.63, 3.8) is 0 Å². The Bertz CT molecular complexity index is 665. The molecule has 0 bridgehead atoms. The van der Waals surface area contributed by atoms with E-state index in [0.29, 0.717) is 6.61 Å². The molecule has 0 saturated heterocycles. The van der Waals surface area contributed by atoms with E-state index in [0.717, 1.165) is 31.1 Å². The van der Waals surface area contributed by atoms with Crippen LogP contribution in [0.15, 0.2) is 57.9 Å². The molecule has 0 N–H and O–H groups in total. The Morgan fingerprint density at radius 1 is 1.15 bits per heavy atom. The lowest BCUT2D eigenvalue weighted by Crippen LogP contribution is -2.12. The summed E-state index contributed by atoms with van der Waals surface area (Å²) in [6.07, 6.45) is 1.90. The third-order valence-corrected chi connectivity index (χ3v) is 5.13. The van der Waals surface area contributed by atoms with E-state index >= 15 is 0 Å². The zero-order valence-electron chi connectivity index (χ0n) is 10.9. The highest BCUT2D eigenvalue weighted by Crippen LogP contribution is 2.37. The van der Waals surface area contributed by atoms with Crippen LogP contribution < -0.4 is 4.74 Å². The van der Waals surface area contributed by atoms with Crippen LogP contribution in [0.4, 0.5) is 0 Å². The summed E-state index contributed by atoms with van der Waals surface area (Å²) in [6, 6.07) is 13.6. The minimum atomic E-state index is -1.18. The van der Waals surface area contributed by atoms with Gasteiger partial charge in [0.1, 0.15) is 12.4 Å². The fraction of sp³-hybridized carbons (Fsp3) is 0.125. The summed E-state index contributed by atoms with van der Waals surface area (Å²) in [5, 5.41) is 0. The zero-order chi connectivity index (χ0) is 14.1. The quantitative estimate of drug-likeness (QED) is 0.758. The molecule has 20 heavy (non-hydrogen) atoms. The van der Waals surface area contributed by atoms with Crippen molar-refractivity contribution in [1.29, 1.82) is 0 Å². The van der Waals surface area contributed by atoms with E-state index in [9.17, 15) is 4.55 Å². The molecule has 102 valence electrons. The van der Waals surface area contributed by atoms with Crippen LogP contribution in [0.3, 0.4) is 0 Å². The van der Waals surface area contributed by atoms with E-state index in [2.05, 4.69) is 15.9 Å². The highest BCUT2D eigenvalue weighted by atomic mass is 79.9. The molecule has 2 nitrogen and oxygen atoms in total. The van der Waals surface area contributed by atoms with Crippen LogP contribution in [0.2, 0.25) is 0 Å². The first-order valence-electron chi connectivity index (χ1n) is 6.26. The van der Waals surface area contributed by atoms with Crippen LogP contribution in [0.1, 0.15) is 11.1 Å². The predicted octanol–water partition coefficient (Wildman–Crippen LogP) is 4.30. The average Bonchev–Trinajstić information content (AvgIpc) is 2.46. The molecule has 0 fully saturated rings. The molecule has 2 aromatic carbocycles. The van der Waals surface area contributed by atoms with Gasteiger partial charge >= 0.3 is 0 Å². The van der Waals surface area contributed by atoms with Gasteiger partial charge in [-0.15, -0.1) is 0 Å². The SMILES string of the molecule is Cc1ccc([S+]([O-])C2=CCOc3cc(Br)ccc32)cc1. The number of aryl methyl sites for hydroxylation is 1. The van der Waals surface area contributed by atoms with Crippen molar-refractivity contribution in [3.05, 3.63) is 64.1 Å². The Kier molecular flexibility index (Phi) is 3.87. The van der Waals surface area contributed by atoms with Gasteiger partial charge in [-0.1, -0.05) is 33.6 Å². The van der Waals surface area contributed by atoms with E-state index in [4.69, 9.17) is 4.74 Å². The fourth-order valence-electron chi connectivity index (χ4n) is 2.10. The normalized spacial score (nSPS) is 15.1. The van der Waals surface area contributed by atoms with Crippen LogP contribution >= 0.6 is 15.9 Å². The van der Waals surface area contributed by atoms with E-state index in [-0.39, 0.29) is 0 Å². The number of hydrogen-bond donors (Lipinski definition) is 0. The minimum Gasteiger partial charge on any atom is -0.606 e. The van der Waals surface area contributed by atoms with Crippen molar-refractivity contribution in [1.82, 2.24) is 0 Å². The van der Waals surface area contributed by atoms with Crippen molar-refractivity contribution in [2.75, 3.05) is 6.61 Å². The molecule has 1 atom stereocenters. The summed E-state index contributed by atoms with van der Waals surface area (Å²) in [7, 11) is 0. The maximum atomic E-state index is 12.7. The minimum absolute atomic E-state index is 0.455. The molecule has 1 aliphatic heterocycles. The molecular formula is C16H13BrO2S. The van der Waals surface area contributed by atoms with Gasteiger partial charge in [0.25, 0.3) is 0 Å². The first-order valence-corrected chi connectivity index (χ1v) is 8.21. The molecule has 4 heteroatoms.